The van der Waals surface area contributed by atoms with Crippen LogP contribution < -0.4 is 5.32 Å². The highest BCUT2D eigenvalue weighted by Crippen LogP contribution is 2.30. The zero-order chi connectivity index (χ0) is 30.5. The molecule has 1 fully saturated rings. The molecule has 0 radical (unpaired) electrons. The Hall–Kier alpha value is -4.24. The van der Waals surface area contributed by atoms with E-state index in [-0.39, 0.29) is 6.61 Å². The summed E-state index contributed by atoms with van der Waals surface area (Å²) < 4.78 is 42.3. The Bertz CT molecular complexity index is 1080. The van der Waals surface area contributed by atoms with Crippen LogP contribution in [0.15, 0.2) is 30.3 Å². The summed E-state index contributed by atoms with van der Waals surface area (Å²) in [7, 11) is 1.08. The number of amides is 1. The summed E-state index contributed by atoms with van der Waals surface area (Å²) in [5.74, 6) is -4.06. The lowest BCUT2D eigenvalue weighted by molar-refractivity contribution is -0.308. The number of hydrogen-bond donors (Lipinski definition) is 1. The van der Waals surface area contributed by atoms with Gasteiger partial charge in [0.15, 0.2) is 30.6 Å². The van der Waals surface area contributed by atoms with Crippen molar-refractivity contribution < 1.29 is 66.7 Å². The zero-order valence-electron chi connectivity index (χ0n) is 23.2. The van der Waals surface area contributed by atoms with E-state index >= 15 is 0 Å². The number of carbonyl (C=O) groups is 6. The van der Waals surface area contributed by atoms with E-state index in [0.717, 1.165) is 34.8 Å². The first-order valence-electron chi connectivity index (χ1n) is 12.4. The number of nitrogens with one attached hydrogen (secondary N) is 1. The maximum Gasteiger partial charge on any atom is 0.408 e. The van der Waals surface area contributed by atoms with E-state index in [2.05, 4.69) is 5.32 Å². The third-order valence-electron chi connectivity index (χ3n) is 5.37. The number of carbonyl (C=O) groups excluding carboxylic acids is 6. The van der Waals surface area contributed by atoms with Gasteiger partial charge < -0.3 is 43.2 Å². The van der Waals surface area contributed by atoms with Gasteiger partial charge in [0.25, 0.3) is 0 Å². The molecule has 1 N–H and O–H groups in total. The van der Waals surface area contributed by atoms with Crippen LogP contribution >= 0.6 is 0 Å². The molecule has 0 unspecified atom stereocenters. The molecule has 15 heteroatoms. The van der Waals surface area contributed by atoms with Gasteiger partial charge >= 0.3 is 35.9 Å². The molecule has 41 heavy (non-hydrogen) atoms. The third kappa shape index (κ3) is 11.0. The van der Waals surface area contributed by atoms with Gasteiger partial charge in [0.05, 0.1) is 13.7 Å². The molecule has 6 atom stereocenters. The van der Waals surface area contributed by atoms with Crippen molar-refractivity contribution in [3.8, 4) is 0 Å². The Morgan fingerprint density at radius 2 is 1.39 bits per heavy atom. The molecule has 0 bridgehead atoms. The van der Waals surface area contributed by atoms with Crippen LogP contribution in [0, 0.1) is 0 Å². The summed E-state index contributed by atoms with van der Waals surface area (Å²) in [5, 5.41) is 2.31. The second-order valence-corrected chi connectivity index (χ2v) is 8.68. The van der Waals surface area contributed by atoms with Gasteiger partial charge in [0.1, 0.15) is 19.3 Å². The quantitative estimate of drug-likeness (QED) is 0.265. The molecule has 1 amide bonds. The van der Waals surface area contributed by atoms with Crippen molar-refractivity contribution in [2.75, 3.05) is 20.3 Å². The Kier molecular flexibility index (Phi) is 13.0. The summed E-state index contributed by atoms with van der Waals surface area (Å²) in [4.78, 5) is 72.0. The molecule has 0 spiro atoms. The van der Waals surface area contributed by atoms with Crippen molar-refractivity contribution >= 4 is 35.9 Å². The standard InChI is InChI=1S/C26H33NO14/c1-14(28)35-13-20-21(38-15(2)29)22(39-16(3)30)23(40-17(4)31)25(41-20)36-12-19(24(32)34-5)27-26(33)37-11-18-9-7-6-8-10-18/h6-10,19-23,25H,11-13H2,1-5H3,(H,27,33)/t19-,20+,21-,22+,23-,25-/m0/s1. The minimum atomic E-state index is -1.56. The molecule has 0 saturated carbocycles. The number of benzene rings is 1. The summed E-state index contributed by atoms with van der Waals surface area (Å²) in [5.41, 5.74) is 0.700. The summed E-state index contributed by atoms with van der Waals surface area (Å²) in [6, 6.07) is 7.36. The van der Waals surface area contributed by atoms with Gasteiger partial charge in [-0.3, -0.25) is 19.2 Å². The van der Waals surface area contributed by atoms with E-state index in [1.165, 1.54) is 0 Å². The van der Waals surface area contributed by atoms with Crippen LogP contribution in [0.3, 0.4) is 0 Å². The second-order valence-electron chi connectivity index (χ2n) is 8.68. The van der Waals surface area contributed by atoms with E-state index in [9.17, 15) is 28.8 Å². The summed E-state index contributed by atoms with van der Waals surface area (Å²) in [6.45, 7) is 3.20. The predicted octanol–water partition coefficient (Wildman–Crippen LogP) is 0.554. The van der Waals surface area contributed by atoms with Crippen molar-refractivity contribution in [1.82, 2.24) is 5.32 Å². The number of rotatable bonds is 12. The minimum absolute atomic E-state index is 0.0822. The number of esters is 5. The van der Waals surface area contributed by atoms with Gasteiger partial charge in [-0.05, 0) is 5.56 Å². The maximum atomic E-state index is 12.4. The van der Waals surface area contributed by atoms with Crippen LogP contribution in [0.25, 0.3) is 0 Å². The van der Waals surface area contributed by atoms with Crippen LogP contribution in [0.1, 0.15) is 33.3 Å². The first kappa shape index (κ1) is 33.0. The van der Waals surface area contributed by atoms with E-state index in [4.69, 9.17) is 37.9 Å². The monoisotopic (exact) mass is 583 g/mol. The largest absolute Gasteiger partial charge is 0.467 e. The Balaban J connectivity index is 2.27. The molecule has 1 aromatic carbocycles. The normalized spacial score (nSPS) is 22.3. The maximum absolute atomic E-state index is 12.4. The van der Waals surface area contributed by atoms with Gasteiger partial charge in [-0.2, -0.15) is 0 Å². The Labute approximate surface area is 235 Å². The SMILES string of the molecule is COC(=O)[C@H](CO[C@H]1O[C@H](COC(C)=O)[C@H](OC(C)=O)[C@@H](OC(C)=O)[C@@H]1OC(C)=O)NC(=O)OCc1ccccc1. The highest BCUT2D eigenvalue weighted by Gasteiger charge is 2.53. The lowest BCUT2D eigenvalue weighted by Gasteiger charge is -2.44. The van der Waals surface area contributed by atoms with Gasteiger partial charge in [-0.15, -0.1) is 0 Å². The number of hydrogen-bond acceptors (Lipinski definition) is 14. The first-order chi connectivity index (χ1) is 19.4. The average Bonchev–Trinajstić information content (AvgIpc) is 2.90. The molecular weight excluding hydrogens is 550 g/mol. The van der Waals surface area contributed by atoms with Crippen molar-refractivity contribution in [2.24, 2.45) is 0 Å². The van der Waals surface area contributed by atoms with Crippen molar-refractivity contribution in [3.63, 3.8) is 0 Å². The van der Waals surface area contributed by atoms with Crippen molar-refractivity contribution in [3.05, 3.63) is 35.9 Å². The van der Waals surface area contributed by atoms with Crippen LogP contribution in [-0.2, 0) is 68.5 Å². The topological polar surface area (TPSA) is 188 Å². The number of alkyl carbamates (subject to hydrolysis) is 1. The molecule has 1 aliphatic rings. The van der Waals surface area contributed by atoms with Gasteiger partial charge in [-0.1, -0.05) is 30.3 Å². The second kappa shape index (κ2) is 16.1. The lowest BCUT2D eigenvalue weighted by atomic mass is 9.98. The zero-order valence-corrected chi connectivity index (χ0v) is 23.2. The molecule has 1 aromatic rings. The van der Waals surface area contributed by atoms with E-state index in [1.807, 2.05) is 0 Å². The molecule has 226 valence electrons. The van der Waals surface area contributed by atoms with Crippen LogP contribution in [0.4, 0.5) is 4.79 Å². The van der Waals surface area contributed by atoms with Crippen LogP contribution in [0.2, 0.25) is 0 Å². The molecular formula is C26H33NO14. The van der Waals surface area contributed by atoms with E-state index < -0.39 is 85.9 Å². The highest BCUT2D eigenvalue weighted by molar-refractivity contribution is 5.81. The molecule has 1 heterocycles. The smallest absolute Gasteiger partial charge is 0.408 e. The summed E-state index contributed by atoms with van der Waals surface area (Å²) in [6.07, 6.45) is -8.16. The lowest BCUT2D eigenvalue weighted by Crippen LogP contribution is -2.63. The van der Waals surface area contributed by atoms with Gasteiger partial charge in [-0.25, -0.2) is 9.59 Å². The van der Waals surface area contributed by atoms with E-state index in [1.54, 1.807) is 30.3 Å². The highest BCUT2D eigenvalue weighted by atomic mass is 16.7. The van der Waals surface area contributed by atoms with E-state index in [0.29, 0.717) is 5.56 Å². The van der Waals surface area contributed by atoms with Crippen LogP contribution in [0.5, 0.6) is 0 Å². The van der Waals surface area contributed by atoms with Crippen molar-refractivity contribution in [2.45, 2.75) is 71.0 Å². The molecule has 15 nitrogen and oxygen atoms in total. The fourth-order valence-corrected chi connectivity index (χ4v) is 3.73. The third-order valence-corrected chi connectivity index (χ3v) is 5.37. The predicted molar refractivity (Wildman–Crippen MR) is 133 cm³/mol. The first-order valence-corrected chi connectivity index (χ1v) is 12.4. The fraction of sp³-hybridized carbons (Fsp3) is 0.538. The van der Waals surface area contributed by atoms with Crippen molar-refractivity contribution in [1.29, 1.82) is 0 Å². The number of ether oxygens (including phenoxy) is 8. The molecule has 1 saturated heterocycles. The fourth-order valence-electron chi connectivity index (χ4n) is 3.73. The van der Waals surface area contributed by atoms with Gasteiger partial charge in [0, 0.05) is 27.7 Å². The number of methoxy groups -OCH3 is 1. The molecule has 0 aromatic heterocycles. The van der Waals surface area contributed by atoms with Gasteiger partial charge in [0.2, 0.25) is 0 Å². The minimum Gasteiger partial charge on any atom is -0.467 e. The Morgan fingerprint density at radius 1 is 0.805 bits per heavy atom. The van der Waals surface area contributed by atoms with Crippen LogP contribution in [-0.4, -0.2) is 93.0 Å². The average molecular weight is 584 g/mol. The molecule has 2 rings (SSSR count). The molecule has 1 aliphatic heterocycles. The summed E-state index contributed by atoms with van der Waals surface area (Å²) >= 11 is 0. The molecule has 0 aliphatic carbocycles. The Morgan fingerprint density at radius 3 is 1.95 bits per heavy atom.